The van der Waals surface area contributed by atoms with Crippen molar-refractivity contribution in [3.05, 3.63) is 35.2 Å². The van der Waals surface area contributed by atoms with Crippen molar-refractivity contribution in [3.8, 4) is 0 Å². The highest BCUT2D eigenvalue weighted by atomic mass is 32.1. The second-order valence-electron chi connectivity index (χ2n) is 5.60. The van der Waals surface area contributed by atoms with Gasteiger partial charge in [0.2, 0.25) is 0 Å². The highest BCUT2D eigenvalue weighted by Gasteiger charge is 2.45. The molecule has 2 N–H and O–H groups in total. The number of carboxylic acid groups (broad SMARTS) is 1. The van der Waals surface area contributed by atoms with Gasteiger partial charge >= 0.3 is 5.97 Å². The molecule has 0 spiro atoms. The van der Waals surface area contributed by atoms with Gasteiger partial charge in [-0.3, -0.25) is 4.79 Å². The molecule has 0 unspecified atom stereocenters. The minimum atomic E-state index is -1.06. The fraction of sp³-hybridized carbons (Fsp3) is 0.250. The van der Waals surface area contributed by atoms with E-state index < -0.39 is 11.5 Å². The van der Waals surface area contributed by atoms with Gasteiger partial charge in [-0.05, 0) is 31.4 Å². The number of aliphatic carboxylic acids is 1. The van der Waals surface area contributed by atoms with E-state index in [1.165, 1.54) is 16.0 Å². The maximum absolute atomic E-state index is 12.4. The van der Waals surface area contributed by atoms with Crippen LogP contribution in [-0.4, -0.2) is 22.5 Å². The SMILES string of the molecule is O=C(NC1(C(=O)O)CCC1)c1cc2sc3ccccc3c2s1. The van der Waals surface area contributed by atoms with Gasteiger partial charge < -0.3 is 10.4 Å². The molecule has 6 heteroatoms. The monoisotopic (exact) mass is 331 g/mol. The van der Waals surface area contributed by atoms with Crippen LogP contribution in [0.5, 0.6) is 0 Å². The molecule has 1 aliphatic rings. The smallest absolute Gasteiger partial charge is 0.329 e. The Bertz CT molecular complexity index is 905. The quantitative estimate of drug-likeness (QED) is 0.766. The number of carbonyl (C=O) groups excluding carboxylic acids is 1. The first-order chi connectivity index (χ1) is 10.6. The van der Waals surface area contributed by atoms with Gasteiger partial charge in [0.05, 0.1) is 9.58 Å². The van der Waals surface area contributed by atoms with Crippen LogP contribution in [0.4, 0.5) is 0 Å². The molecule has 2 aromatic heterocycles. The van der Waals surface area contributed by atoms with Crippen molar-refractivity contribution < 1.29 is 14.7 Å². The lowest BCUT2D eigenvalue weighted by Gasteiger charge is -2.38. The molecule has 2 heterocycles. The summed E-state index contributed by atoms with van der Waals surface area (Å²) >= 11 is 3.09. The van der Waals surface area contributed by atoms with Gasteiger partial charge in [-0.15, -0.1) is 22.7 Å². The molecule has 0 radical (unpaired) electrons. The Morgan fingerprint density at radius 3 is 2.59 bits per heavy atom. The van der Waals surface area contributed by atoms with E-state index in [9.17, 15) is 14.7 Å². The van der Waals surface area contributed by atoms with Crippen LogP contribution in [0.15, 0.2) is 30.3 Å². The predicted octanol–water partition coefficient (Wildman–Crippen LogP) is 3.85. The van der Waals surface area contributed by atoms with Crippen molar-refractivity contribution in [2.75, 3.05) is 0 Å². The number of amides is 1. The average molecular weight is 331 g/mol. The van der Waals surface area contributed by atoms with Gasteiger partial charge in [-0.25, -0.2) is 4.79 Å². The fourth-order valence-electron chi connectivity index (χ4n) is 2.81. The van der Waals surface area contributed by atoms with E-state index in [4.69, 9.17) is 0 Å². The Hall–Kier alpha value is -1.92. The third kappa shape index (κ3) is 1.94. The van der Waals surface area contributed by atoms with Gasteiger partial charge in [-0.1, -0.05) is 18.2 Å². The first-order valence-corrected chi connectivity index (χ1v) is 8.69. The van der Waals surface area contributed by atoms with Gasteiger partial charge in [0.25, 0.3) is 5.91 Å². The van der Waals surface area contributed by atoms with E-state index >= 15 is 0 Å². The summed E-state index contributed by atoms with van der Waals surface area (Å²) in [6.45, 7) is 0. The van der Waals surface area contributed by atoms with E-state index in [0.29, 0.717) is 17.7 Å². The highest BCUT2D eigenvalue weighted by molar-refractivity contribution is 7.33. The van der Waals surface area contributed by atoms with E-state index in [1.807, 2.05) is 18.2 Å². The van der Waals surface area contributed by atoms with Crippen molar-refractivity contribution in [2.24, 2.45) is 0 Å². The fourth-order valence-corrected chi connectivity index (χ4v) is 5.23. The van der Waals surface area contributed by atoms with Crippen LogP contribution >= 0.6 is 22.7 Å². The second-order valence-corrected chi connectivity index (χ2v) is 7.73. The summed E-state index contributed by atoms with van der Waals surface area (Å²) in [4.78, 5) is 24.3. The number of fused-ring (bicyclic) bond motifs is 3. The van der Waals surface area contributed by atoms with Crippen molar-refractivity contribution in [1.29, 1.82) is 0 Å². The number of benzene rings is 1. The summed E-state index contributed by atoms with van der Waals surface area (Å²) in [5.74, 6) is -1.21. The third-order valence-corrected chi connectivity index (χ3v) is 6.66. The van der Waals surface area contributed by atoms with Crippen LogP contribution in [0.2, 0.25) is 0 Å². The molecule has 22 heavy (non-hydrogen) atoms. The molecule has 4 nitrogen and oxygen atoms in total. The Labute approximate surface area is 134 Å². The number of carboxylic acids is 1. The number of nitrogens with one attached hydrogen (secondary N) is 1. The Kier molecular flexibility index (Phi) is 2.99. The first kappa shape index (κ1) is 13.7. The largest absolute Gasteiger partial charge is 0.480 e. The van der Waals surface area contributed by atoms with Crippen LogP contribution in [0.1, 0.15) is 28.9 Å². The van der Waals surface area contributed by atoms with Gasteiger partial charge in [-0.2, -0.15) is 0 Å². The molecule has 0 saturated heterocycles. The molecule has 4 rings (SSSR count). The molecule has 0 aliphatic heterocycles. The Morgan fingerprint density at radius 2 is 1.91 bits per heavy atom. The summed E-state index contributed by atoms with van der Waals surface area (Å²) in [5, 5.41) is 13.2. The van der Waals surface area contributed by atoms with Crippen molar-refractivity contribution in [2.45, 2.75) is 24.8 Å². The highest BCUT2D eigenvalue weighted by Crippen LogP contribution is 2.40. The lowest BCUT2D eigenvalue weighted by Crippen LogP contribution is -2.59. The number of hydrogen-bond acceptors (Lipinski definition) is 4. The zero-order valence-corrected chi connectivity index (χ0v) is 13.2. The Morgan fingerprint density at radius 1 is 1.14 bits per heavy atom. The maximum Gasteiger partial charge on any atom is 0.329 e. The van der Waals surface area contributed by atoms with E-state index in [0.717, 1.165) is 21.2 Å². The summed E-state index contributed by atoms with van der Waals surface area (Å²) in [6.07, 6.45) is 1.87. The molecular weight excluding hydrogens is 318 g/mol. The summed E-state index contributed by atoms with van der Waals surface area (Å²) in [5.41, 5.74) is -1.06. The normalized spacial score (nSPS) is 16.5. The number of thiophene rings is 2. The van der Waals surface area contributed by atoms with Crippen LogP contribution in [0.25, 0.3) is 19.5 Å². The summed E-state index contributed by atoms with van der Waals surface area (Å²) in [7, 11) is 0. The second kappa shape index (κ2) is 4.79. The topological polar surface area (TPSA) is 66.4 Å². The van der Waals surface area contributed by atoms with Gasteiger partial charge in [0.15, 0.2) is 0 Å². The van der Waals surface area contributed by atoms with Crippen LogP contribution in [0, 0.1) is 0 Å². The van der Waals surface area contributed by atoms with Crippen molar-refractivity contribution >= 4 is 54.0 Å². The third-order valence-electron chi connectivity index (χ3n) is 4.24. The van der Waals surface area contributed by atoms with Crippen LogP contribution < -0.4 is 5.32 Å². The molecule has 1 aromatic carbocycles. The van der Waals surface area contributed by atoms with Crippen LogP contribution in [0.3, 0.4) is 0 Å². The van der Waals surface area contributed by atoms with E-state index in [-0.39, 0.29) is 5.91 Å². The summed E-state index contributed by atoms with van der Waals surface area (Å²) < 4.78 is 3.38. The number of hydrogen-bond donors (Lipinski definition) is 2. The predicted molar refractivity (Wildman–Crippen MR) is 88.9 cm³/mol. The zero-order valence-electron chi connectivity index (χ0n) is 11.6. The molecule has 1 fully saturated rings. The molecule has 1 saturated carbocycles. The minimum absolute atomic E-state index is 0.278. The molecule has 0 atom stereocenters. The minimum Gasteiger partial charge on any atom is -0.480 e. The summed E-state index contributed by atoms with van der Waals surface area (Å²) in [6, 6.07) is 9.98. The van der Waals surface area contributed by atoms with Crippen molar-refractivity contribution in [1.82, 2.24) is 5.32 Å². The lowest BCUT2D eigenvalue weighted by molar-refractivity contribution is -0.148. The molecule has 1 amide bonds. The van der Waals surface area contributed by atoms with Crippen LogP contribution in [-0.2, 0) is 4.79 Å². The molecule has 112 valence electrons. The zero-order chi connectivity index (χ0) is 15.3. The molecule has 1 aliphatic carbocycles. The first-order valence-electron chi connectivity index (χ1n) is 7.06. The average Bonchev–Trinajstić information content (AvgIpc) is 2.99. The standard InChI is InChI=1S/C16H13NO3S2/c18-14(17-16(15(19)20)6-3-7-16)12-8-11-13(22-12)9-4-1-2-5-10(9)21-11/h1-2,4-5,8H,3,6-7H2,(H,17,18)(H,19,20). The Balaban J connectivity index is 1.69. The lowest BCUT2D eigenvalue weighted by atomic mass is 9.77. The van der Waals surface area contributed by atoms with Gasteiger partial charge in [0.1, 0.15) is 5.54 Å². The molecular formula is C16H13NO3S2. The number of rotatable bonds is 3. The van der Waals surface area contributed by atoms with Gasteiger partial charge in [0, 0.05) is 14.8 Å². The molecule has 0 bridgehead atoms. The van der Waals surface area contributed by atoms with Crippen molar-refractivity contribution in [3.63, 3.8) is 0 Å². The maximum atomic E-state index is 12.4. The number of carbonyl (C=O) groups is 2. The van der Waals surface area contributed by atoms with E-state index in [2.05, 4.69) is 17.4 Å². The molecule has 3 aromatic rings. The van der Waals surface area contributed by atoms with E-state index in [1.54, 1.807) is 11.3 Å².